The van der Waals surface area contributed by atoms with Crippen LogP contribution in [0.4, 0.5) is 0 Å². The zero-order valence-electron chi connectivity index (χ0n) is 26.2. The Hall–Kier alpha value is -3.44. The minimum absolute atomic E-state index is 0.0570. The van der Waals surface area contributed by atoms with E-state index in [1.54, 1.807) is 14.0 Å². The van der Waals surface area contributed by atoms with Gasteiger partial charge in [0.05, 0.1) is 6.42 Å². The summed E-state index contributed by atoms with van der Waals surface area (Å²) < 4.78 is 5.46. The number of nitrogens with zero attached hydrogens (tertiary/aromatic N) is 3. The maximum atomic E-state index is 14.0. The van der Waals surface area contributed by atoms with Crippen molar-refractivity contribution in [3.63, 3.8) is 0 Å². The average Bonchev–Trinajstić information content (AvgIpc) is 3.47. The second-order valence-corrected chi connectivity index (χ2v) is 11.5. The molecule has 0 spiro atoms. The van der Waals surface area contributed by atoms with Crippen LogP contribution in [0.1, 0.15) is 73.1 Å². The number of cyclic esters (lactones) is 1. The Morgan fingerprint density at radius 2 is 1.60 bits per heavy atom. The van der Waals surface area contributed by atoms with Gasteiger partial charge < -0.3 is 30.1 Å². The standard InChI is InChI=1S/C30H49N5O7/c1-9-13-22-28(39)35-17-12-14-21(35)27(38)32-24(18(4)10-2)29(40)34(8)25(19(5)11-3)30(41)33(7)20(6)26(37)31-16-15-23(36)42-22/h9,18-22,24-25H,1,10-17H2,2-8H3,(H,31,37)(H,32,38). The number of rotatable bonds is 6. The van der Waals surface area contributed by atoms with Crippen molar-refractivity contribution >= 4 is 35.5 Å². The number of nitrogens with one attached hydrogen (secondary N) is 2. The minimum Gasteiger partial charge on any atom is -0.452 e. The third-order valence-electron chi connectivity index (χ3n) is 8.68. The van der Waals surface area contributed by atoms with Gasteiger partial charge in [0.1, 0.15) is 24.2 Å². The topological polar surface area (TPSA) is 145 Å². The molecule has 42 heavy (non-hydrogen) atoms. The largest absolute Gasteiger partial charge is 0.452 e. The Morgan fingerprint density at radius 3 is 2.19 bits per heavy atom. The molecule has 12 nitrogen and oxygen atoms in total. The SMILES string of the molecule is C=CCC1OC(=O)CCNC(=O)C(C)N(C)C(=O)C(C(C)CC)N(C)C(=O)C(C(C)CC)NC(=O)C2CCCN2C1=O. The summed E-state index contributed by atoms with van der Waals surface area (Å²) in [7, 11) is 3.05. The molecule has 0 bridgehead atoms. The highest BCUT2D eigenvalue weighted by molar-refractivity contribution is 5.96. The quantitative estimate of drug-likeness (QED) is 0.349. The molecule has 2 fully saturated rings. The van der Waals surface area contributed by atoms with Crippen molar-refractivity contribution in [2.24, 2.45) is 11.8 Å². The third kappa shape index (κ3) is 8.10. The number of ether oxygens (including phenoxy) is 1. The van der Waals surface area contributed by atoms with Crippen LogP contribution in [0.25, 0.3) is 0 Å². The van der Waals surface area contributed by atoms with Gasteiger partial charge >= 0.3 is 5.97 Å². The molecule has 0 radical (unpaired) electrons. The maximum Gasteiger partial charge on any atom is 0.308 e. The fourth-order valence-electron chi connectivity index (χ4n) is 5.37. The molecule has 0 aromatic carbocycles. The Balaban J connectivity index is 2.55. The molecule has 2 heterocycles. The van der Waals surface area contributed by atoms with Crippen LogP contribution < -0.4 is 10.6 Å². The van der Waals surface area contributed by atoms with E-state index in [1.807, 2.05) is 27.7 Å². The first kappa shape index (κ1) is 34.8. The number of carbonyl (C=O) groups is 6. The molecule has 2 rings (SSSR count). The summed E-state index contributed by atoms with van der Waals surface area (Å²) in [5.41, 5.74) is 0. The molecule has 2 aliphatic heterocycles. The van der Waals surface area contributed by atoms with Crippen LogP contribution in [0.15, 0.2) is 12.7 Å². The fraction of sp³-hybridized carbons (Fsp3) is 0.733. The molecule has 0 saturated carbocycles. The van der Waals surface area contributed by atoms with Crippen molar-refractivity contribution in [2.75, 3.05) is 27.2 Å². The second kappa shape index (κ2) is 15.7. The highest BCUT2D eigenvalue weighted by atomic mass is 16.5. The molecule has 2 saturated heterocycles. The summed E-state index contributed by atoms with van der Waals surface area (Å²) in [6.07, 6.45) is 2.30. The van der Waals surface area contributed by atoms with Crippen molar-refractivity contribution < 1.29 is 33.5 Å². The molecule has 236 valence electrons. The lowest BCUT2D eigenvalue weighted by Crippen LogP contribution is -2.61. The molecule has 0 aromatic heterocycles. The number of hydrogen-bond acceptors (Lipinski definition) is 7. The van der Waals surface area contributed by atoms with E-state index in [4.69, 9.17) is 4.74 Å². The Kier molecular flexibility index (Phi) is 13.0. The predicted molar refractivity (Wildman–Crippen MR) is 157 cm³/mol. The fourth-order valence-corrected chi connectivity index (χ4v) is 5.37. The van der Waals surface area contributed by atoms with E-state index in [0.717, 1.165) is 0 Å². The van der Waals surface area contributed by atoms with Crippen LogP contribution in [0.2, 0.25) is 0 Å². The summed E-state index contributed by atoms with van der Waals surface area (Å²) in [4.78, 5) is 84.5. The van der Waals surface area contributed by atoms with Crippen LogP contribution >= 0.6 is 0 Å². The maximum absolute atomic E-state index is 14.0. The van der Waals surface area contributed by atoms with Gasteiger partial charge in [-0.05, 0) is 31.6 Å². The van der Waals surface area contributed by atoms with Crippen molar-refractivity contribution in [1.82, 2.24) is 25.3 Å². The van der Waals surface area contributed by atoms with E-state index >= 15 is 0 Å². The molecule has 5 amide bonds. The molecule has 2 N–H and O–H groups in total. The number of likely N-dealkylation sites (N-methyl/N-ethyl adjacent to an activating group) is 2. The third-order valence-corrected chi connectivity index (χ3v) is 8.68. The number of carbonyl (C=O) groups excluding carboxylic acids is 6. The Labute approximate surface area is 249 Å². The highest BCUT2D eigenvalue weighted by Gasteiger charge is 2.42. The van der Waals surface area contributed by atoms with Crippen LogP contribution in [0, 0.1) is 11.8 Å². The first-order chi connectivity index (χ1) is 19.8. The van der Waals surface area contributed by atoms with E-state index in [-0.39, 0.29) is 31.2 Å². The van der Waals surface area contributed by atoms with Crippen LogP contribution in [0.5, 0.6) is 0 Å². The van der Waals surface area contributed by atoms with Gasteiger partial charge in [-0.3, -0.25) is 28.8 Å². The predicted octanol–water partition coefficient (Wildman–Crippen LogP) is 1.24. The smallest absolute Gasteiger partial charge is 0.308 e. The van der Waals surface area contributed by atoms with E-state index in [2.05, 4.69) is 17.2 Å². The molecule has 7 unspecified atom stereocenters. The van der Waals surface area contributed by atoms with Gasteiger partial charge in [-0.1, -0.05) is 46.6 Å². The Bertz CT molecular complexity index is 1030. The molecule has 7 atom stereocenters. The lowest BCUT2D eigenvalue weighted by Gasteiger charge is -2.38. The van der Waals surface area contributed by atoms with Crippen molar-refractivity contribution in [2.45, 2.75) is 103 Å². The van der Waals surface area contributed by atoms with E-state index in [1.165, 1.54) is 27.8 Å². The van der Waals surface area contributed by atoms with Crippen molar-refractivity contribution in [3.8, 4) is 0 Å². The van der Waals surface area contributed by atoms with Crippen LogP contribution in [-0.2, 0) is 33.5 Å². The van der Waals surface area contributed by atoms with E-state index in [9.17, 15) is 28.8 Å². The number of hydrogen-bond donors (Lipinski definition) is 2. The zero-order valence-corrected chi connectivity index (χ0v) is 26.2. The van der Waals surface area contributed by atoms with Crippen molar-refractivity contribution in [1.29, 1.82) is 0 Å². The summed E-state index contributed by atoms with van der Waals surface area (Å²) in [5, 5.41) is 5.54. The van der Waals surface area contributed by atoms with Gasteiger partial charge in [-0.15, -0.1) is 6.58 Å². The van der Waals surface area contributed by atoms with Crippen LogP contribution in [-0.4, -0.2) is 108 Å². The summed E-state index contributed by atoms with van der Waals surface area (Å²) in [5.74, 6) is -3.49. The number of amides is 5. The van der Waals surface area contributed by atoms with Gasteiger partial charge in [-0.25, -0.2) is 0 Å². The number of esters is 1. The average molecular weight is 592 g/mol. The normalized spacial score (nSPS) is 29.0. The second-order valence-electron chi connectivity index (χ2n) is 11.5. The molecule has 0 aliphatic carbocycles. The van der Waals surface area contributed by atoms with Gasteiger partial charge in [-0.2, -0.15) is 0 Å². The molecule has 0 aromatic rings. The van der Waals surface area contributed by atoms with E-state index < -0.39 is 65.8 Å². The highest BCUT2D eigenvalue weighted by Crippen LogP contribution is 2.24. The van der Waals surface area contributed by atoms with Gasteiger partial charge in [0, 0.05) is 33.6 Å². The van der Waals surface area contributed by atoms with Crippen molar-refractivity contribution in [3.05, 3.63) is 12.7 Å². The monoisotopic (exact) mass is 591 g/mol. The molecule has 2 aliphatic rings. The summed E-state index contributed by atoms with van der Waals surface area (Å²) in [6, 6.07) is -3.56. The first-order valence-electron chi connectivity index (χ1n) is 15.0. The van der Waals surface area contributed by atoms with Gasteiger partial charge in [0.2, 0.25) is 23.6 Å². The first-order valence-corrected chi connectivity index (χ1v) is 15.0. The number of fused-ring (bicyclic) bond motifs is 1. The lowest BCUT2D eigenvalue weighted by atomic mass is 9.92. The molecular weight excluding hydrogens is 542 g/mol. The van der Waals surface area contributed by atoms with Crippen LogP contribution in [0.3, 0.4) is 0 Å². The minimum atomic E-state index is -1.17. The zero-order chi connectivity index (χ0) is 31.7. The lowest BCUT2D eigenvalue weighted by molar-refractivity contribution is -0.161. The van der Waals surface area contributed by atoms with Gasteiger partial charge in [0.15, 0.2) is 6.10 Å². The summed E-state index contributed by atoms with van der Waals surface area (Å²) >= 11 is 0. The molecular formula is C30H49N5O7. The molecule has 12 heteroatoms. The van der Waals surface area contributed by atoms with E-state index in [0.29, 0.717) is 32.2 Å². The Morgan fingerprint density at radius 1 is 0.952 bits per heavy atom. The van der Waals surface area contributed by atoms with Gasteiger partial charge in [0.25, 0.3) is 5.91 Å². The summed E-state index contributed by atoms with van der Waals surface area (Å²) in [6.45, 7) is 13.0.